The van der Waals surface area contributed by atoms with E-state index in [9.17, 15) is 18.3 Å². The third kappa shape index (κ3) is 5.18. The van der Waals surface area contributed by atoms with Gasteiger partial charge in [-0.05, 0) is 45.0 Å². The van der Waals surface area contributed by atoms with Gasteiger partial charge in [0.25, 0.3) is 0 Å². The van der Waals surface area contributed by atoms with Gasteiger partial charge in [0, 0.05) is 35.9 Å². The van der Waals surface area contributed by atoms with Crippen LogP contribution in [0, 0.1) is 0 Å². The molecule has 7 nitrogen and oxygen atoms in total. The first-order chi connectivity index (χ1) is 12.0. The van der Waals surface area contributed by atoms with E-state index in [2.05, 4.69) is 21.2 Å². The lowest BCUT2D eigenvalue weighted by Gasteiger charge is -2.39. The number of rotatable bonds is 4. The lowest BCUT2D eigenvalue weighted by Crippen LogP contribution is -2.53. The van der Waals surface area contributed by atoms with Crippen molar-refractivity contribution >= 4 is 32.0 Å². The Hall–Kier alpha value is -1.16. The zero-order valence-electron chi connectivity index (χ0n) is 15.2. The fraction of sp³-hybridized carbons (Fsp3) is 0.588. The van der Waals surface area contributed by atoms with Crippen molar-refractivity contribution in [3.05, 3.63) is 28.7 Å². The van der Waals surface area contributed by atoms with Crippen LogP contribution in [0.4, 0.5) is 4.79 Å². The Morgan fingerprint density at radius 3 is 2.27 bits per heavy atom. The Balaban J connectivity index is 2.06. The lowest BCUT2D eigenvalue weighted by atomic mass is 9.93. The molecule has 146 valence electrons. The molecule has 9 heteroatoms. The standard InChI is InChI=1S/C17H25BrN2O5S/c1-16(2,3)19-15(22)25-17(12-21)8-10-20(11-9-17)26(23,24)14-6-4-13(18)5-7-14/h4-7,21H,8-12H2,1-3H3,(H,19,22). The number of carbonyl (C=O) groups excluding carboxylic acids is 1. The molecule has 1 aromatic rings. The van der Waals surface area contributed by atoms with E-state index >= 15 is 0 Å². The fourth-order valence-electron chi connectivity index (χ4n) is 2.71. The predicted molar refractivity (Wildman–Crippen MR) is 101 cm³/mol. The van der Waals surface area contributed by atoms with E-state index in [0.29, 0.717) is 0 Å². The number of nitrogens with one attached hydrogen (secondary N) is 1. The van der Waals surface area contributed by atoms with Gasteiger partial charge in [-0.15, -0.1) is 0 Å². The number of nitrogens with zero attached hydrogens (tertiary/aromatic N) is 1. The molecule has 1 aromatic carbocycles. The van der Waals surface area contributed by atoms with E-state index in [-0.39, 0.29) is 37.4 Å². The zero-order chi connectivity index (χ0) is 19.6. The van der Waals surface area contributed by atoms with Crippen LogP contribution in [0.3, 0.4) is 0 Å². The number of alkyl carbamates (subject to hydrolysis) is 1. The Labute approximate surface area is 162 Å². The topological polar surface area (TPSA) is 95.9 Å². The first-order valence-corrected chi connectivity index (χ1v) is 10.6. The molecule has 0 unspecified atom stereocenters. The molecule has 2 N–H and O–H groups in total. The molecular formula is C17H25BrN2O5S. The number of aliphatic hydroxyl groups is 1. The Bertz CT molecular complexity index is 735. The normalized spacial score (nSPS) is 18.3. The molecule has 2 rings (SSSR count). The van der Waals surface area contributed by atoms with Crippen molar-refractivity contribution in [2.24, 2.45) is 0 Å². The van der Waals surface area contributed by atoms with Gasteiger partial charge in [-0.3, -0.25) is 0 Å². The highest BCUT2D eigenvalue weighted by Gasteiger charge is 2.41. The molecule has 1 saturated heterocycles. The molecule has 0 radical (unpaired) electrons. The number of carbonyl (C=O) groups is 1. The fourth-order valence-corrected chi connectivity index (χ4v) is 4.42. The van der Waals surface area contributed by atoms with E-state index in [1.165, 1.54) is 4.31 Å². The summed E-state index contributed by atoms with van der Waals surface area (Å²) in [6.07, 6.45) is -0.149. The Morgan fingerprint density at radius 2 is 1.81 bits per heavy atom. The number of ether oxygens (including phenoxy) is 1. The Kier molecular flexibility index (Phi) is 6.37. The van der Waals surface area contributed by atoms with E-state index < -0.39 is 27.3 Å². The second-order valence-corrected chi connectivity index (χ2v) is 10.3. The molecule has 0 aliphatic carbocycles. The molecule has 1 aliphatic rings. The largest absolute Gasteiger partial charge is 0.440 e. The third-order valence-corrected chi connectivity index (χ3v) is 6.60. The predicted octanol–water partition coefficient (Wildman–Crippen LogP) is 2.49. The minimum Gasteiger partial charge on any atom is -0.440 e. The summed E-state index contributed by atoms with van der Waals surface area (Å²) < 4.78 is 33.1. The van der Waals surface area contributed by atoms with Crippen molar-refractivity contribution in [3.63, 3.8) is 0 Å². The van der Waals surface area contributed by atoms with E-state index in [1.807, 2.05) is 20.8 Å². The molecule has 26 heavy (non-hydrogen) atoms. The molecule has 0 bridgehead atoms. The number of halogens is 1. The summed E-state index contributed by atoms with van der Waals surface area (Å²) in [5.74, 6) is 0. The number of amides is 1. The third-order valence-electron chi connectivity index (χ3n) is 4.16. The summed E-state index contributed by atoms with van der Waals surface area (Å²) in [6, 6.07) is 6.44. The smallest absolute Gasteiger partial charge is 0.408 e. The molecule has 0 spiro atoms. The van der Waals surface area contributed by atoms with Gasteiger partial charge in [0.1, 0.15) is 5.60 Å². The number of benzene rings is 1. The van der Waals surface area contributed by atoms with Crippen LogP contribution in [0.25, 0.3) is 0 Å². The zero-order valence-corrected chi connectivity index (χ0v) is 17.6. The summed E-state index contributed by atoms with van der Waals surface area (Å²) >= 11 is 3.29. The number of aliphatic hydroxyl groups excluding tert-OH is 1. The molecule has 0 saturated carbocycles. The van der Waals surface area contributed by atoms with Gasteiger partial charge in [-0.25, -0.2) is 13.2 Å². The van der Waals surface area contributed by atoms with Gasteiger partial charge in [-0.1, -0.05) is 15.9 Å². The van der Waals surface area contributed by atoms with Gasteiger partial charge in [0.05, 0.1) is 11.5 Å². The van der Waals surface area contributed by atoms with Gasteiger partial charge >= 0.3 is 6.09 Å². The second-order valence-electron chi connectivity index (χ2n) is 7.46. The van der Waals surface area contributed by atoms with Gasteiger partial charge in [0.2, 0.25) is 10.0 Å². The summed E-state index contributed by atoms with van der Waals surface area (Å²) in [7, 11) is -3.62. The van der Waals surface area contributed by atoms with Crippen LogP contribution in [-0.2, 0) is 14.8 Å². The maximum atomic E-state index is 12.7. The number of hydrogen-bond donors (Lipinski definition) is 2. The monoisotopic (exact) mass is 448 g/mol. The van der Waals surface area contributed by atoms with E-state index in [0.717, 1.165) is 4.47 Å². The highest BCUT2D eigenvalue weighted by molar-refractivity contribution is 9.10. The van der Waals surface area contributed by atoms with Crippen molar-refractivity contribution in [1.82, 2.24) is 9.62 Å². The van der Waals surface area contributed by atoms with Crippen LogP contribution in [-0.4, -0.2) is 54.8 Å². The van der Waals surface area contributed by atoms with Crippen molar-refractivity contribution in [2.75, 3.05) is 19.7 Å². The molecule has 1 amide bonds. The number of sulfonamides is 1. The van der Waals surface area contributed by atoms with Crippen LogP contribution in [0.2, 0.25) is 0 Å². The SMILES string of the molecule is CC(C)(C)NC(=O)OC1(CO)CCN(S(=O)(=O)c2ccc(Br)cc2)CC1. The van der Waals surface area contributed by atoms with Crippen molar-refractivity contribution in [3.8, 4) is 0 Å². The summed E-state index contributed by atoms with van der Waals surface area (Å²) in [5, 5.41) is 12.4. The van der Waals surface area contributed by atoms with Crippen LogP contribution < -0.4 is 5.32 Å². The summed E-state index contributed by atoms with van der Waals surface area (Å²) in [5.41, 5.74) is -1.53. The lowest BCUT2D eigenvalue weighted by molar-refractivity contribution is -0.0604. The first-order valence-electron chi connectivity index (χ1n) is 8.35. The molecule has 0 aromatic heterocycles. The van der Waals surface area contributed by atoms with Gasteiger partial charge in [0.15, 0.2) is 0 Å². The number of piperidine rings is 1. The summed E-state index contributed by atoms with van der Waals surface area (Å²) in [6.45, 7) is 5.47. The molecule has 1 fully saturated rings. The summed E-state index contributed by atoms with van der Waals surface area (Å²) in [4.78, 5) is 12.3. The first kappa shape index (κ1) is 21.1. The van der Waals surface area contributed by atoms with Gasteiger partial charge in [-0.2, -0.15) is 4.31 Å². The average Bonchev–Trinajstić information content (AvgIpc) is 2.54. The Morgan fingerprint density at radius 1 is 1.27 bits per heavy atom. The van der Waals surface area contributed by atoms with Crippen molar-refractivity contribution < 1.29 is 23.1 Å². The number of hydrogen-bond acceptors (Lipinski definition) is 5. The second kappa shape index (κ2) is 7.84. The quantitative estimate of drug-likeness (QED) is 0.737. The average molecular weight is 449 g/mol. The van der Waals surface area contributed by atoms with Crippen LogP contribution >= 0.6 is 15.9 Å². The highest BCUT2D eigenvalue weighted by Crippen LogP contribution is 2.30. The van der Waals surface area contributed by atoms with Crippen LogP contribution in [0.5, 0.6) is 0 Å². The molecular weight excluding hydrogens is 424 g/mol. The maximum absolute atomic E-state index is 12.7. The highest BCUT2D eigenvalue weighted by atomic mass is 79.9. The molecule has 1 aliphatic heterocycles. The van der Waals surface area contributed by atoms with Crippen molar-refractivity contribution in [2.45, 2.75) is 49.6 Å². The van der Waals surface area contributed by atoms with Crippen LogP contribution in [0.15, 0.2) is 33.6 Å². The van der Waals surface area contributed by atoms with E-state index in [4.69, 9.17) is 4.74 Å². The minimum absolute atomic E-state index is 0.168. The minimum atomic E-state index is -3.62. The molecule has 1 heterocycles. The van der Waals surface area contributed by atoms with Gasteiger partial charge < -0.3 is 15.2 Å². The molecule has 0 atom stereocenters. The maximum Gasteiger partial charge on any atom is 0.408 e. The van der Waals surface area contributed by atoms with E-state index in [1.54, 1.807) is 24.3 Å². The van der Waals surface area contributed by atoms with Crippen molar-refractivity contribution in [1.29, 1.82) is 0 Å². The van der Waals surface area contributed by atoms with Crippen LogP contribution in [0.1, 0.15) is 33.6 Å².